The second kappa shape index (κ2) is 6.81. The van der Waals surface area contributed by atoms with E-state index in [1.807, 2.05) is 0 Å². The summed E-state index contributed by atoms with van der Waals surface area (Å²) in [4.78, 5) is 11.4. The highest BCUT2D eigenvalue weighted by Gasteiger charge is 2.02. The predicted molar refractivity (Wildman–Crippen MR) is 61.5 cm³/mol. The number of amides is 1. The predicted octanol–water partition coefficient (Wildman–Crippen LogP) is 0.609. The fourth-order valence-electron chi connectivity index (χ4n) is 1.15. The molecule has 1 rings (SSSR count). The van der Waals surface area contributed by atoms with Crippen LogP contribution in [0.3, 0.4) is 0 Å². The first-order chi connectivity index (χ1) is 7.76. The molecular weight excluding hydrogens is 208 g/mol. The van der Waals surface area contributed by atoms with E-state index in [2.05, 4.69) is 5.32 Å². The lowest BCUT2D eigenvalue weighted by Gasteiger charge is -2.07. The third-order valence-electron chi connectivity index (χ3n) is 1.85. The molecule has 0 fully saturated rings. The van der Waals surface area contributed by atoms with Crippen LogP contribution in [-0.2, 0) is 9.53 Å². The van der Waals surface area contributed by atoms with Crippen LogP contribution < -0.4 is 15.8 Å². The van der Waals surface area contributed by atoms with Crippen molar-refractivity contribution in [2.24, 2.45) is 5.73 Å². The molecule has 0 unspecified atom stereocenters. The van der Waals surface area contributed by atoms with Crippen LogP contribution in [0, 0.1) is 0 Å². The maximum absolute atomic E-state index is 11.4. The number of hydrogen-bond donors (Lipinski definition) is 2. The SMILES string of the molecule is COc1cccc(NC(=O)COCCN)c1. The standard InChI is InChI=1S/C11H16N2O3/c1-15-10-4-2-3-9(7-10)13-11(14)8-16-6-5-12/h2-4,7H,5-6,8,12H2,1H3,(H,13,14). The maximum atomic E-state index is 11.4. The molecule has 0 heterocycles. The summed E-state index contributed by atoms with van der Waals surface area (Å²) in [6.45, 7) is 0.798. The first-order valence-corrected chi connectivity index (χ1v) is 4.98. The average Bonchev–Trinajstić information content (AvgIpc) is 2.29. The minimum Gasteiger partial charge on any atom is -0.497 e. The molecule has 3 N–H and O–H groups in total. The minimum atomic E-state index is -0.207. The molecule has 0 aliphatic carbocycles. The molecule has 0 saturated carbocycles. The van der Waals surface area contributed by atoms with E-state index in [1.54, 1.807) is 31.4 Å². The number of benzene rings is 1. The second-order valence-corrected chi connectivity index (χ2v) is 3.12. The van der Waals surface area contributed by atoms with Gasteiger partial charge in [0.2, 0.25) is 5.91 Å². The topological polar surface area (TPSA) is 73.6 Å². The zero-order chi connectivity index (χ0) is 11.8. The molecule has 16 heavy (non-hydrogen) atoms. The maximum Gasteiger partial charge on any atom is 0.250 e. The Morgan fingerprint density at radius 2 is 2.31 bits per heavy atom. The van der Waals surface area contributed by atoms with Crippen molar-refractivity contribution < 1.29 is 14.3 Å². The van der Waals surface area contributed by atoms with Gasteiger partial charge in [-0.05, 0) is 12.1 Å². The third-order valence-corrected chi connectivity index (χ3v) is 1.85. The molecule has 0 spiro atoms. The number of anilines is 1. The van der Waals surface area contributed by atoms with Crippen LogP contribution in [0.15, 0.2) is 24.3 Å². The first-order valence-electron chi connectivity index (χ1n) is 4.98. The van der Waals surface area contributed by atoms with Crippen LogP contribution in [0.4, 0.5) is 5.69 Å². The van der Waals surface area contributed by atoms with E-state index in [-0.39, 0.29) is 12.5 Å². The molecule has 5 nitrogen and oxygen atoms in total. The highest BCUT2D eigenvalue weighted by Crippen LogP contribution is 2.16. The van der Waals surface area contributed by atoms with Crippen LogP contribution in [-0.4, -0.2) is 32.8 Å². The van der Waals surface area contributed by atoms with E-state index < -0.39 is 0 Å². The first kappa shape index (κ1) is 12.5. The summed E-state index contributed by atoms with van der Waals surface area (Å²) in [7, 11) is 1.57. The van der Waals surface area contributed by atoms with Crippen LogP contribution in [0.1, 0.15) is 0 Å². The van der Waals surface area contributed by atoms with Crippen LogP contribution >= 0.6 is 0 Å². The van der Waals surface area contributed by atoms with E-state index in [0.717, 1.165) is 0 Å². The van der Waals surface area contributed by atoms with E-state index in [9.17, 15) is 4.79 Å². The van der Waals surface area contributed by atoms with Gasteiger partial charge >= 0.3 is 0 Å². The highest BCUT2D eigenvalue weighted by molar-refractivity contribution is 5.91. The van der Waals surface area contributed by atoms with E-state index in [4.69, 9.17) is 15.2 Å². The van der Waals surface area contributed by atoms with Gasteiger partial charge in [-0.15, -0.1) is 0 Å². The van der Waals surface area contributed by atoms with Crippen molar-refractivity contribution >= 4 is 11.6 Å². The van der Waals surface area contributed by atoms with Crippen molar-refractivity contribution in [2.45, 2.75) is 0 Å². The summed E-state index contributed by atoms with van der Waals surface area (Å²) in [5.41, 5.74) is 5.91. The zero-order valence-corrected chi connectivity index (χ0v) is 9.23. The van der Waals surface area contributed by atoms with Crippen molar-refractivity contribution in [1.29, 1.82) is 0 Å². The number of ether oxygens (including phenoxy) is 2. The third kappa shape index (κ3) is 4.29. The van der Waals surface area contributed by atoms with Crippen molar-refractivity contribution in [2.75, 3.05) is 32.2 Å². The molecule has 0 radical (unpaired) electrons. The van der Waals surface area contributed by atoms with Gasteiger partial charge in [0.05, 0.1) is 13.7 Å². The van der Waals surface area contributed by atoms with Gasteiger partial charge in [-0.1, -0.05) is 6.07 Å². The Morgan fingerprint density at radius 1 is 1.50 bits per heavy atom. The fraction of sp³-hybridized carbons (Fsp3) is 0.364. The second-order valence-electron chi connectivity index (χ2n) is 3.12. The lowest BCUT2D eigenvalue weighted by molar-refractivity contribution is -0.120. The molecule has 1 aromatic rings. The molecule has 0 aliphatic heterocycles. The van der Waals surface area contributed by atoms with Gasteiger partial charge in [-0.25, -0.2) is 0 Å². The lowest BCUT2D eigenvalue weighted by Crippen LogP contribution is -2.20. The molecule has 5 heteroatoms. The quantitative estimate of drug-likeness (QED) is 0.694. The number of rotatable bonds is 6. The van der Waals surface area contributed by atoms with Crippen LogP contribution in [0.25, 0.3) is 0 Å². The average molecular weight is 224 g/mol. The van der Waals surface area contributed by atoms with E-state index >= 15 is 0 Å². The summed E-state index contributed by atoms with van der Waals surface area (Å²) < 4.78 is 10.0. The molecule has 1 aromatic carbocycles. The number of carbonyl (C=O) groups is 1. The summed E-state index contributed by atoms with van der Waals surface area (Å²) >= 11 is 0. The zero-order valence-electron chi connectivity index (χ0n) is 9.23. The van der Waals surface area contributed by atoms with E-state index in [1.165, 1.54) is 0 Å². The van der Waals surface area contributed by atoms with Crippen molar-refractivity contribution in [3.63, 3.8) is 0 Å². The summed E-state index contributed by atoms with van der Waals surface area (Å²) in [6, 6.07) is 7.12. The van der Waals surface area contributed by atoms with Gasteiger partial charge in [0.1, 0.15) is 12.4 Å². The molecule has 88 valence electrons. The summed E-state index contributed by atoms with van der Waals surface area (Å²) in [6.07, 6.45) is 0. The Kier molecular flexibility index (Phi) is 5.31. The Bertz CT molecular complexity index is 342. The molecular formula is C11H16N2O3. The van der Waals surface area contributed by atoms with Crippen LogP contribution in [0.5, 0.6) is 5.75 Å². The normalized spacial score (nSPS) is 9.88. The number of nitrogens with one attached hydrogen (secondary N) is 1. The minimum absolute atomic E-state index is 0.00834. The highest BCUT2D eigenvalue weighted by atomic mass is 16.5. The molecule has 1 amide bonds. The van der Waals surface area contributed by atoms with Gasteiger partial charge in [0.25, 0.3) is 0 Å². The Morgan fingerprint density at radius 3 is 3.00 bits per heavy atom. The lowest BCUT2D eigenvalue weighted by atomic mass is 10.3. The molecule has 0 saturated heterocycles. The van der Waals surface area contributed by atoms with Gasteiger partial charge in [0.15, 0.2) is 0 Å². The molecule has 0 aliphatic rings. The number of hydrogen-bond acceptors (Lipinski definition) is 4. The molecule has 0 bridgehead atoms. The smallest absolute Gasteiger partial charge is 0.250 e. The van der Waals surface area contributed by atoms with Gasteiger partial charge in [-0.2, -0.15) is 0 Å². The summed E-state index contributed by atoms with van der Waals surface area (Å²) in [5.74, 6) is 0.488. The van der Waals surface area contributed by atoms with Gasteiger partial charge in [-0.3, -0.25) is 4.79 Å². The number of carbonyl (C=O) groups excluding carboxylic acids is 1. The Hall–Kier alpha value is -1.59. The fourth-order valence-corrected chi connectivity index (χ4v) is 1.15. The number of methoxy groups -OCH3 is 1. The van der Waals surface area contributed by atoms with E-state index in [0.29, 0.717) is 24.6 Å². The van der Waals surface area contributed by atoms with Gasteiger partial charge in [0, 0.05) is 18.3 Å². The molecule has 0 atom stereocenters. The largest absolute Gasteiger partial charge is 0.497 e. The molecule has 0 aromatic heterocycles. The van der Waals surface area contributed by atoms with Gasteiger partial charge < -0.3 is 20.5 Å². The van der Waals surface area contributed by atoms with Crippen molar-refractivity contribution in [1.82, 2.24) is 0 Å². The Balaban J connectivity index is 2.43. The number of nitrogens with two attached hydrogens (primary N) is 1. The van der Waals surface area contributed by atoms with Crippen LogP contribution in [0.2, 0.25) is 0 Å². The monoisotopic (exact) mass is 224 g/mol. The Labute approximate surface area is 94.5 Å². The van der Waals surface area contributed by atoms with Crippen molar-refractivity contribution in [3.05, 3.63) is 24.3 Å². The summed E-state index contributed by atoms with van der Waals surface area (Å²) in [5, 5.41) is 2.69. The van der Waals surface area contributed by atoms with Crippen molar-refractivity contribution in [3.8, 4) is 5.75 Å².